The van der Waals surface area contributed by atoms with Crippen LogP contribution < -0.4 is 14.8 Å². The Morgan fingerprint density at radius 2 is 1.94 bits per heavy atom. The summed E-state index contributed by atoms with van der Waals surface area (Å²) < 4.78 is 24.2. The fourth-order valence-electron chi connectivity index (χ4n) is 2.70. The number of amides is 1. The van der Waals surface area contributed by atoms with Crippen molar-refractivity contribution in [3.63, 3.8) is 0 Å². The second-order valence-electron chi connectivity index (χ2n) is 6.45. The van der Waals surface area contributed by atoms with E-state index in [-0.39, 0.29) is 18.0 Å². The van der Waals surface area contributed by atoms with E-state index in [1.165, 1.54) is 25.3 Å². The topological polar surface area (TPSA) is 71.3 Å². The second kappa shape index (κ2) is 10.3. The van der Waals surface area contributed by atoms with Crippen molar-refractivity contribution >= 4 is 29.3 Å². The number of anilines is 1. The Morgan fingerprint density at radius 1 is 1.16 bits per heavy atom. The molecule has 0 heterocycles. The Labute approximate surface area is 184 Å². The van der Waals surface area contributed by atoms with Crippen LogP contribution >= 0.6 is 11.6 Å². The number of methoxy groups -OCH3 is 1. The summed E-state index contributed by atoms with van der Waals surface area (Å²) in [6.07, 6.45) is 1.43. The summed E-state index contributed by atoms with van der Waals surface area (Å²) in [5.74, 6) is 0.0447. The Kier molecular flexibility index (Phi) is 7.26. The maximum Gasteiger partial charge on any atom is 0.266 e. The summed E-state index contributed by atoms with van der Waals surface area (Å²) in [5.41, 5.74) is 1.64. The molecule has 5 nitrogen and oxygen atoms in total. The van der Waals surface area contributed by atoms with Crippen molar-refractivity contribution in [2.45, 2.75) is 6.61 Å². The lowest BCUT2D eigenvalue weighted by Crippen LogP contribution is -2.13. The van der Waals surface area contributed by atoms with Crippen LogP contribution in [0.25, 0.3) is 6.08 Å². The van der Waals surface area contributed by atoms with E-state index in [9.17, 15) is 14.4 Å². The average Bonchev–Trinajstić information content (AvgIpc) is 2.77. The van der Waals surface area contributed by atoms with E-state index in [1.807, 2.05) is 6.07 Å². The average molecular weight is 437 g/mol. The van der Waals surface area contributed by atoms with Gasteiger partial charge in [-0.1, -0.05) is 29.8 Å². The van der Waals surface area contributed by atoms with Gasteiger partial charge in [-0.05, 0) is 54.1 Å². The molecule has 0 unspecified atom stereocenters. The first-order valence-electron chi connectivity index (χ1n) is 9.22. The molecule has 0 spiro atoms. The molecular weight excluding hydrogens is 419 g/mol. The number of rotatable bonds is 7. The lowest BCUT2D eigenvalue weighted by Gasteiger charge is -2.12. The summed E-state index contributed by atoms with van der Waals surface area (Å²) in [4.78, 5) is 12.6. The normalized spacial score (nSPS) is 10.8. The van der Waals surface area contributed by atoms with Crippen LogP contribution in [0.2, 0.25) is 5.02 Å². The highest BCUT2D eigenvalue weighted by Crippen LogP contribution is 2.28. The minimum atomic E-state index is -0.579. The van der Waals surface area contributed by atoms with Crippen LogP contribution in [0.4, 0.5) is 10.1 Å². The minimum Gasteiger partial charge on any atom is -0.497 e. The van der Waals surface area contributed by atoms with E-state index < -0.39 is 5.91 Å². The predicted molar refractivity (Wildman–Crippen MR) is 117 cm³/mol. The highest BCUT2D eigenvalue weighted by molar-refractivity contribution is 6.31. The van der Waals surface area contributed by atoms with Gasteiger partial charge in [0.05, 0.1) is 7.11 Å². The molecule has 1 amide bonds. The van der Waals surface area contributed by atoms with Crippen molar-refractivity contribution in [3.05, 3.63) is 94.3 Å². The van der Waals surface area contributed by atoms with Gasteiger partial charge in [-0.25, -0.2) is 4.39 Å². The quantitative estimate of drug-likeness (QED) is 0.386. The van der Waals surface area contributed by atoms with Crippen LogP contribution in [-0.4, -0.2) is 13.0 Å². The molecular formula is C24H18ClFN2O3. The minimum absolute atomic E-state index is 0.114. The molecule has 0 aliphatic rings. The van der Waals surface area contributed by atoms with Crippen molar-refractivity contribution in [3.8, 4) is 17.6 Å². The van der Waals surface area contributed by atoms with Crippen molar-refractivity contribution in [2.75, 3.05) is 12.4 Å². The molecule has 0 aromatic heterocycles. The van der Waals surface area contributed by atoms with Gasteiger partial charge >= 0.3 is 0 Å². The molecule has 0 radical (unpaired) electrons. The van der Waals surface area contributed by atoms with Crippen LogP contribution in [0.15, 0.2) is 72.3 Å². The number of hydrogen-bond acceptors (Lipinski definition) is 4. The molecule has 3 aromatic rings. The molecule has 156 valence electrons. The molecule has 0 aliphatic heterocycles. The van der Waals surface area contributed by atoms with Gasteiger partial charge in [-0.15, -0.1) is 0 Å². The van der Waals surface area contributed by atoms with Gasteiger partial charge in [0.15, 0.2) is 0 Å². The largest absolute Gasteiger partial charge is 0.497 e. The molecule has 0 atom stereocenters. The first-order valence-corrected chi connectivity index (χ1v) is 9.60. The molecule has 0 aliphatic carbocycles. The zero-order chi connectivity index (χ0) is 22.2. The highest BCUT2D eigenvalue weighted by atomic mass is 35.5. The van der Waals surface area contributed by atoms with E-state index in [0.29, 0.717) is 27.8 Å². The fraction of sp³-hybridized carbons (Fsp3) is 0.0833. The van der Waals surface area contributed by atoms with Gasteiger partial charge in [-0.3, -0.25) is 4.79 Å². The Hall–Kier alpha value is -3.82. The SMILES string of the molecule is COc1ccc(/C=C(\C#N)C(=O)Nc2cccc(Cl)c2)c(OCc2ccc(F)cc2)c1. The monoisotopic (exact) mass is 436 g/mol. The van der Waals surface area contributed by atoms with E-state index in [4.69, 9.17) is 21.1 Å². The summed E-state index contributed by atoms with van der Waals surface area (Å²) in [6, 6.07) is 19.5. The fourth-order valence-corrected chi connectivity index (χ4v) is 2.89. The van der Waals surface area contributed by atoms with Crippen LogP contribution in [0.3, 0.4) is 0 Å². The number of halogens is 2. The molecule has 0 bridgehead atoms. The third kappa shape index (κ3) is 6.08. The zero-order valence-electron chi connectivity index (χ0n) is 16.6. The second-order valence-corrected chi connectivity index (χ2v) is 6.89. The smallest absolute Gasteiger partial charge is 0.266 e. The molecule has 7 heteroatoms. The van der Waals surface area contributed by atoms with Crippen molar-refractivity contribution in [1.82, 2.24) is 0 Å². The summed E-state index contributed by atoms with van der Waals surface area (Å²) in [5, 5.41) is 12.6. The number of nitriles is 1. The van der Waals surface area contributed by atoms with Crippen LogP contribution in [0.1, 0.15) is 11.1 Å². The summed E-state index contributed by atoms with van der Waals surface area (Å²) in [6.45, 7) is 0.172. The number of ether oxygens (including phenoxy) is 2. The standard InChI is InChI=1S/C24H18ClFN2O3/c1-30-22-10-7-17(23(13-22)31-15-16-5-8-20(26)9-6-16)11-18(14-27)24(29)28-21-4-2-3-19(25)12-21/h2-13H,15H2,1H3,(H,28,29)/b18-11+. The Balaban J connectivity index is 1.85. The number of carbonyl (C=O) groups is 1. The molecule has 0 saturated heterocycles. The molecule has 3 aromatic carbocycles. The highest BCUT2D eigenvalue weighted by Gasteiger charge is 2.13. The van der Waals surface area contributed by atoms with Crippen molar-refractivity contribution in [1.29, 1.82) is 5.26 Å². The first-order chi connectivity index (χ1) is 15.0. The molecule has 0 saturated carbocycles. The number of nitrogens with one attached hydrogen (secondary N) is 1. The van der Waals surface area contributed by atoms with Crippen LogP contribution in [-0.2, 0) is 11.4 Å². The molecule has 31 heavy (non-hydrogen) atoms. The van der Waals surface area contributed by atoms with E-state index in [2.05, 4.69) is 5.32 Å². The molecule has 1 N–H and O–H groups in total. The third-order valence-corrected chi connectivity index (χ3v) is 4.51. The van der Waals surface area contributed by atoms with Crippen molar-refractivity contribution < 1.29 is 18.7 Å². The van der Waals surface area contributed by atoms with Gasteiger partial charge in [-0.2, -0.15) is 5.26 Å². The lowest BCUT2D eigenvalue weighted by molar-refractivity contribution is -0.112. The summed E-state index contributed by atoms with van der Waals surface area (Å²) in [7, 11) is 1.52. The number of hydrogen-bond donors (Lipinski definition) is 1. The van der Waals surface area contributed by atoms with E-state index in [1.54, 1.807) is 54.6 Å². The number of nitrogens with zero attached hydrogens (tertiary/aromatic N) is 1. The molecule has 3 rings (SSSR count). The van der Waals surface area contributed by atoms with E-state index in [0.717, 1.165) is 5.56 Å². The van der Waals surface area contributed by atoms with Crippen molar-refractivity contribution in [2.24, 2.45) is 0 Å². The van der Waals surface area contributed by atoms with Gasteiger partial charge in [0, 0.05) is 22.3 Å². The van der Waals surface area contributed by atoms with Gasteiger partial charge < -0.3 is 14.8 Å². The van der Waals surface area contributed by atoms with Gasteiger partial charge in [0.25, 0.3) is 5.91 Å². The molecule has 0 fully saturated rings. The van der Waals surface area contributed by atoms with Gasteiger partial charge in [0.2, 0.25) is 0 Å². The maximum absolute atomic E-state index is 13.1. The number of benzene rings is 3. The Morgan fingerprint density at radius 3 is 2.61 bits per heavy atom. The maximum atomic E-state index is 13.1. The van der Waals surface area contributed by atoms with Crippen LogP contribution in [0, 0.1) is 17.1 Å². The number of carbonyl (C=O) groups excluding carboxylic acids is 1. The summed E-state index contributed by atoms with van der Waals surface area (Å²) >= 11 is 5.93. The zero-order valence-corrected chi connectivity index (χ0v) is 17.3. The van der Waals surface area contributed by atoms with Crippen LogP contribution in [0.5, 0.6) is 11.5 Å². The van der Waals surface area contributed by atoms with Gasteiger partial charge in [0.1, 0.15) is 35.6 Å². The lowest BCUT2D eigenvalue weighted by atomic mass is 10.1. The predicted octanol–water partition coefficient (Wildman–Crippen LogP) is 5.61. The Bertz CT molecular complexity index is 1150. The van der Waals surface area contributed by atoms with E-state index >= 15 is 0 Å². The third-order valence-electron chi connectivity index (χ3n) is 4.28. The first kappa shape index (κ1) is 21.9.